The molecule has 1 aliphatic rings. The number of hydrazine groups is 1. The average molecular weight is 331 g/mol. The standard InChI is InChI=1S/C18H25N3O3/c1-12-8-9-15(13(2)10-12)18(24)21-20-16(22)11-19-17(23)14-6-4-3-5-7-14/h8-10,14H,3-7,11H2,1-2H3,(H,19,23)(H,20,22)(H,21,24). The van der Waals surface area contributed by atoms with Gasteiger partial charge >= 0.3 is 0 Å². The highest BCUT2D eigenvalue weighted by molar-refractivity contribution is 5.97. The van der Waals surface area contributed by atoms with E-state index in [1.165, 1.54) is 6.42 Å². The van der Waals surface area contributed by atoms with Crippen molar-refractivity contribution in [3.8, 4) is 0 Å². The number of amides is 3. The van der Waals surface area contributed by atoms with Gasteiger partial charge in [0, 0.05) is 11.5 Å². The molecule has 0 bridgehead atoms. The van der Waals surface area contributed by atoms with Crippen LogP contribution >= 0.6 is 0 Å². The zero-order valence-electron chi connectivity index (χ0n) is 14.3. The quantitative estimate of drug-likeness (QED) is 0.735. The van der Waals surface area contributed by atoms with E-state index in [-0.39, 0.29) is 24.3 Å². The molecule has 0 unspecified atom stereocenters. The molecule has 3 amide bonds. The summed E-state index contributed by atoms with van der Waals surface area (Å²) in [6.07, 6.45) is 5.08. The molecule has 6 nitrogen and oxygen atoms in total. The normalized spacial score (nSPS) is 14.8. The van der Waals surface area contributed by atoms with Crippen molar-refractivity contribution in [2.75, 3.05) is 6.54 Å². The Hall–Kier alpha value is -2.37. The van der Waals surface area contributed by atoms with E-state index in [0.29, 0.717) is 5.56 Å². The van der Waals surface area contributed by atoms with Gasteiger partial charge in [-0.2, -0.15) is 0 Å². The molecule has 0 spiro atoms. The molecule has 0 radical (unpaired) electrons. The average Bonchev–Trinajstić information content (AvgIpc) is 2.58. The van der Waals surface area contributed by atoms with E-state index in [0.717, 1.165) is 36.8 Å². The summed E-state index contributed by atoms with van der Waals surface area (Å²) in [6.45, 7) is 3.65. The summed E-state index contributed by atoms with van der Waals surface area (Å²) in [5.41, 5.74) is 7.12. The van der Waals surface area contributed by atoms with Crippen LogP contribution < -0.4 is 16.2 Å². The van der Waals surface area contributed by atoms with E-state index in [1.54, 1.807) is 6.07 Å². The van der Waals surface area contributed by atoms with E-state index in [2.05, 4.69) is 16.2 Å². The van der Waals surface area contributed by atoms with Crippen LogP contribution in [0.1, 0.15) is 53.6 Å². The minimum Gasteiger partial charge on any atom is -0.347 e. The van der Waals surface area contributed by atoms with Crippen molar-refractivity contribution in [2.45, 2.75) is 46.0 Å². The van der Waals surface area contributed by atoms with E-state index in [9.17, 15) is 14.4 Å². The van der Waals surface area contributed by atoms with Crippen LogP contribution in [0.2, 0.25) is 0 Å². The third-order valence-corrected chi connectivity index (χ3v) is 4.34. The number of carbonyl (C=O) groups excluding carboxylic acids is 3. The highest BCUT2D eigenvalue weighted by Gasteiger charge is 2.21. The zero-order chi connectivity index (χ0) is 17.5. The number of hydrogen-bond acceptors (Lipinski definition) is 3. The summed E-state index contributed by atoms with van der Waals surface area (Å²) in [5.74, 6) is -0.890. The Balaban J connectivity index is 1.74. The Morgan fingerprint density at radius 3 is 2.42 bits per heavy atom. The molecular weight excluding hydrogens is 306 g/mol. The molecule has 0 aliphatic heterocycles. The van der Waals surface area contributed by atoms with Gasteiger partial charge in [0.1, 0.15) is 0 Å². The van der Waals surface area contributed by atoms with Crippen LogP contribution in [-0.4, -0.2) is 24.3 Å². The molecule has 24 heavy (non-hydrogen) atoms. The fourth-order valence-corrected chi connectivity index (χ4v) is 2.98. The SMILES string of the molecule is Cc1ccc(C(=O)NNC(=O)CNC(=O)C2CCCCC2)c(C)c1. The first-order valence-corrected chi connectivity index (χ1v) is 8.41. The summed E-state index contributed by atoms with van der Waals surface area (Å²) in [6, 6.07) is 5.46. The van der Waals surface area contributed by atoms with E-state index >= 15 is 0 Å². The van der Waals surface area contributed by atoms with Crippen LogP contribution in [0, 0.1) is 19.8 Å². The van der Waals surface area contributed by atoms with Crippen molar-refractivity contribution in [1.29, 1.82) is 0 Å². The Labute approximate surface area is 142 Å². The first-order chi connectivity index (χ1) is 11.5. The molecule has 2 rings (SSSR count). The second-order valence-electron chi connectivity index (χ2n) is 6.37. The van der Waals surface area contributed by atoms with E-state index in [1.807, 2.05) is 26.0 Å². The van der Waals surface area contributed by atoms with E-state index < -0.39 is 5.91 Å². The molecule has 1 aromatic carbocycles. The van der Waals surface area contributed by atoms with Gasteiger partial charge in [-0.15, -0.1) is 0 Å². The van der Waals surface area contributed by atoms with Gasteiger partial charge in [0.15, 0.2) is 0 Å². The van der Waals surface area contributed by atoms with Crippen molar-refractivity contribution >= 4 is 17.7 Å². The lowest BCUT2D eigenvalue weighted by Gasteiger charge is -2.20. The predicted octanol–water partition coefficient (Wildman–Crippen LogP) is 1.76. The molecule has 1 fully saturated rings. The highest BCUT2D eigenvalue weighted by Crippen LogP contribution is 2.23. The molecule has 0 saturated heterocycles. The molecule has 1 aromatic rings. The van der Waals surface area contributed by atoms with Gasteiger partial charge in [-0.25, -0.2) is 0 Å². The van der Waals surface area contributed by atoms with Gasteiger partial charge in [0.2, 0.25) is 5.91 Å². The molecule has 1 aliphatic carbocycles. The topological polar surface area (TPSA) is 87.3 Å². The fraction of sp³-hybridized carbons (Fsp3) is 0.500. The summed E-state index contributed by atoms with van der Waals surface area (Å²) < 4.78 is 0. The summed E-state index contributed by atoms with van der Waals surface area (Å²) >= 11 is 0. The zero-order valence-corrected chi connectivity index (χ0v) is 14.3. The van der Waals surface area contributed by atoms with E-state index in [4.69, 9.17) is 0 Å². The molecule has 0 atom stereocenters. The number of nitrogens with one attached hydrogen (secondary N) is 3. The number of aryl methyl sites for hydroxylation is 2. The Kier molecular flexibility index (Phi) is 6.35. The lowest BCUT2D eigenvalue weighted by molar-refractivity contribution is -0.129. The summed E-state index contributed by atoms with van der Waals surface area (Å²) in [4.78, 5) is 35.8. The molecule has 0 aromatic heterocycles. The van der Waals surface area contributed by atoms with Crippen molar-refractivity contribution in [1.82, 2.24) is 16.2 Å². The number of carbonyl (C=O) groups is 3. The minimum absolute atomic E-state index is 0.0105. The molecule has 3 N–H and O–H groups in total. The largest absolute Gasteiger partial charge is 0.347 e. The smallest absolute Gasteiger partial charge is 0.269 e. The minimum atomic E-state index is -0.447. The van der Waals surface area contributed by atoms with Crippen LogP contribution in [-0.2, 0) is 9.59 Å². The van der Waals surface area contributed by atoms with Crippen LogP contribution in [0.25, 0.3) is 0 Å². The summed E-state index contributed by atoms with van der Waals surface area (Å²) in [7, 11) is 0. The van der Waals surface area contributed by atoms with Crippen LogP contribution in [0.4, 0.5) is 0 Å². The first kappa shape index (κ1) is 18.0. The first-order valence-electron chi connectivity index (χ1n) is 8.41. The second kappa shape index (κ2) is 8.47. The molecule has 6 heteroatoms. The Bertz CT molecular complexity index is 622. The van der Waals surface area contributed by atoms with Gasteiger partial charge in [-0.3, -0.25) is 25.2 Å². The van der Waals surface area contributed by atoms with Crippen LogP contribution in [0.15, 0.2) is 18.2 Å². The van der Waals surface area contributed by atoms with Gasteiger partial charge in [-0.1, -0.05) is 37.0 Å². The fourth-order valence-electron chi connectivity index (χ4n) is 2.98. The summed E-state index contributed by atoms with van der Waals surface area (Å²) in [5, 5.41) is 2.63. The van der Waals surface area contributed by atoms with Crippen molar-refractivity contribution in [2.24, 2.45) is 5.92 Å². The van der Waals surface area contributed by atoms with Gasteiger partial charge < -0.3 is 5.32 Å². The van der Waals surface area contributed by atoms with Crippen LogP contribution in [0.3, 0.4) is 0 Å². The molecule has 130 valence electrons. The molecule has 1 saturated carbocycles. The second-order valence-corrected chi connectivity index (χ2v) is 6.37. The molecular formula is C18H25N3O3. The maximum absolute atomic E-state index is 12.1. The van der Waals surface area contributed by atoms with Crippen molar-refractivity contribution < 1.29 is 14.4 Å². The van der Waals surface area contributed by atoms with Crippen molar-refractivity contribution in [3.63, 3.8) is 0 Å². The lowest BCUT2D eigenvalue weighted by Crippen LogP contribution is -2.47. The maximum Gasteiger partial charge on any atom is 0.269 e. The lowest BCUT2D eigenvalue weighted by atomic mass is 9.89. The Morgan fingerprint density at radius 2 is 1.75 bits per heavy atom. The van der Waals surface area contributed by atoms with Crippen molar-refractivity contribution in [3.05, 3.63) is 34.9 Å². The molecule has 0 heterocycles. The third-order valence-electron chi connectivity index (χ3n) is 4.34. The third kappa shape index (κ3) is 5.08. The van der Waals surface area contributed by atoms with Gasteiger partial charge in [0.05, 0.1) is 6.54 Å². The number of benzene rings is 1. The van der Waals surface area contributed by atoms with Gasteiger partial charge in [-0.05, 0) is 38.3 Å². The van der Waals surface area contributed by atoms with Gasteiger partial charge in [0.25, 0.3) is 11.8 Å². The van der Waals surface area contributed by atoms with Crippen LogP contribution in [0.5, 0.6) is 0 Å². The highest BCUT2D eigenvalue weighted by atomic mass is 16.2. The number of hydrogen-bond donors (Lipinski definition) is 3. The monoisotopic (exact) mass is 331 g/mol. The predicted molar refractivity (Wildman–Crippen MR) is 91.1 cm³/mol. The Morgan fingerprint density at radius 1 is 1.04 bits per heavy atom. The maximum atomic E-state index is 12.1. The number of rotatable bonds is 4.